The largest absolute Gasteiger partial charge is 0.345 e. The number of imidazole rings is 1. The van der Waals surface area contributed by atoms with E-state index in [1.807, 2.05) is 32.3 Å². The van der Waals surface area contributed by atoms with E-state index in [-0.39, 0.29) is 11.8 Å². The predicted octanol–water partition coefficient (Wildman–Crippen LogP) is 1.46. The van der Waals surface area contributed by atoms with Gasteiger partial charge in [-0.15, -0.1) is 0 Å². The van der Waals surface area contributed by atoms with Gasteiger partial charge in [-0.05, 0) is 57.3 Å². The van der Waals surface area contributed by atoms with Crippen LogP contribution in [0.2, 0.25) is 0 Å². The van der Waals surface area contributed by atoms with Crippen LogP contribution < -0.4 is 10.6 Å². The van der Waals surface area contributed by atoms with Crippen LogP contribution in [0.1, 0.15) is 25.1 Å². The maximum absolute atomic E-state index is 12.6. The third kappa shape index (κ3) is 1.96. The van der Waals surface area contributed by atoms with Crippen LogP contribution in [0.5, 0.6) is 0 Å². The fourth-order valence-corrected chi connectivity index (χ4v) is 3.88. The third-order valence-electron chi connectivity index (χ3n) is 5.20. The molecule has 22 heavy (non-hydrogen) atoms. The summed E-state index contributed by atoms with van der Waals surface area (Å²) in [7, 11) is 0. The van der Waals surface area contributed by atoms with Gasteiger partial charge >= 0.3 is 0 Å². The van der Waals surface area contributed by atoms with Gasteiger partial charge in [0.15, 0.2) is 0 Å². The van der Waals surface area contributed by atoms with Gasteiger partial charge in [0.1, 0.15) is 5.65 Å². The zero-order chi connectivity index (χ0) is 15.5. The summed E-state index contributed by atoms with van der Waals surface area (Å²) in [5.41, 5.74) is 2.67. The molecule has 2 aromatic heterocycles. The lowest BCUT2D eigenvalue weighted by Crippen LogP contribution is -2.43. The summed E-state index contributed by atoms with van der Waals surface area (Å²) in [6, 6.07) is 4.07. The van der Waals surface area contributed by atoms with Crippen molar-refractivity contribution in [1.82, 2.24) is 20.0 Å². The van der Waals surface area contributed by atoms with E-state index in [2.05, 4.69) is 33.0 Å². The van der Waals surface area contributed by atoms with Gasteiger partial charge in [-0.3, -0.25) is 4.79 Å². The normalized spacial score (nSPS) is 27.0. The number of nitrogens with one attached hydrogen (secondary N) is 2. The van der Waals surface area contributed by atoms with Crippen molar-refractivity contribution in [2.24, 2.45) is 17.8 Å². The summed E-state index contributed by atoms with van der Waals surface area (Å²) in [5, 5.41) is 6.57. The second kappa shape index (κ2) is 4.56. The minimum Gasteiger partial charge on any atom is -0.345 e. The molecular formula is C17H22N4O. The molecule has 116 valence electrons. The van der Waals surface area contributed by atoms with Gasteiger partial charge < -0.3 is 15.0 Å². The van der Waals surface area contributed by atoms with Gasteiger partial charge in [0, 0.05) is 12.1 Å². The fraction of sp³-hybridized carbons (Fsp3) is 0.529. The number of pyridine rings is 1. The molecule has 1 saturated heterocycles. The molecule has 3 atom stereocenters. The Hall–Kier alpha value is -1.88. The lowest BCUT2D eigenvalue weighted by molar-refractivity contribution is -0.124. The number of amides is 1. The van der Waals surface area contributed by atoms with Crippen molar-refractivity contribution in [2.75, 3.05) is 13.1 Å². The van der Waals surface area contributed by atoms with E-state index in [1.165, 1.54) is 0 Å². The number of aryl methyl sites for hydroxylation is 1. The summed E-state index contributed by atoms with van der Waals surface area (Å²) in [6.07, 6.45) is 3.88. The first-order valence-electron chi connectivity index (χ1n) is 7.95. The van der Waals surface area contributed by atoms with Crippen LogP contribution in [0, 0.1) is 24.7 Å². The highest BCUT2D eigenvalue weighted by Crippen LogP contribution is 2.49. The van der Waals surface area contributed by atoms with Crippen molar-refractivity contribution in [3.8, 4) is 0 Å². The van der Waals surface area contributed by atoms with Gasteiger partial charge in [-0.1, -0.05) is 6.07 Å². The molecule has 0 unspecified atom stereocenters. The van der Waals surface area contributed by atoms with Crippen LogP contribution in [-0.2, 0) is 10.3 Å². The smallest absolute Gasteiger partial charge is 0.224 e. The summed E-state index contributed by atoms with van der Waals surface area (Å²) in [4.78, 5) is 17.1. The average Bonchev–Trinajstić information content (AvgIpc) is 2.85. The van der Waals surface area contributed by atoms with Crippen molar-refractivity contribution in [3.63, 3.8) is 0 Å². The molecule has 0 radical (unpaired) electrons. The molecule has 4 rings (SSSR count). The number of nitrogens with zero attached hydrogens (tertiary/aromatic N) is 2. The fourth-order valence-electron chi connectivity index (χ4n) is 3.88. The van der Waals surface area contributed by atoms with E-state index in [1.54, 1.807) is 0 Å². The SMILES string of the molecule is Cc1cccn2c(C(C)(C)NC(=O)[C@H]3[C@@H]4CNC[C@@H]43)cnc12. The van der Waals surface area contributed by atoms with Crippen LogP contribution >= 0.6 is 0 Å². The van der Waals surface area contributed by atoms with Crippen LogP contribution in [0.4, 0.5) is 0 Å². The zero-order valence-electron chi connectivity index (χ0n) is 13.3. The van der Waals surface area contributed by atoms with E-state index >= 15 is 0 Å². The van der Waals surface area contributed by atoms with Crippen molar-refractivity contribution >= 4 is 11.6 Å². The molecule has 2 aromatic rings. The minimum atomic E-state index is -0.436. The first kappa shape index (κ1) is 13.8. The predicted molar refractivity (Wildman–Crippen MR) is 84.4 cm³/mol. The molecule has 0 spiro atoms. The standard InChI is InChI=1S/C17H22N4O/c1-10-5-4-6-21-13(9-19-15(10)21)17(2,3)20-16(22)14-11-7-18-8-12(11)14/h4-6,9,11-12,14,18H,7-8H2,1-3H3,(H,20,22)/t11-,12+,14+. The molecule has 2 aliphatic rings. The number of carbonyl (C=O) groups is 1. The average molecular weight is 298 g/mol. The van der Waals surface area contributed by atoms with Crippen molar-refractivity contribution in [2.45, 2.75) is 26.3 Å². The van der Waals surface area contributed by atoms with E-state index in [9.17, 15) is 4.79 Å². The number of rotatable bonds is 3. The highest BCUT2D eigenvalue weighted by molar-refractivity contribution is 5.83. The molecule has 3 heterocycles. The number of piperidine rings is 1. The Morgan fingerprint density at radius 2 is 2.14 bits per heavy atom. The van der Waals surface area contributed by atoms with Gasteiger partial charge in [0.05, 0.1) is 17.4 Å². The Labute approximate surface area is 130 Å². The van der Waals surface area contributed by atoms with Crippen molar-refractivity contribution < 1.29 is 4.79 Å². The Kier molecular flexibility index (Phi) is 2.85. The lowest BCUT2D eigenvalue weighted by atomic mass is 10.0. The van der Waals surface area contributed by atoms with E-state index in [4.69, 9.17) is 0 Å². The number of hydrogen-bond donors (Lipinski definition) is 2. The first-order valence-corrected chi connectivity index (χ1v) is 7.95. The molecule has 1 aliphatic carbocycles. The number of carbonyl (C=O) groups excluding carboxylic acids is 1. The Morgan fingerprint density at radius 1 is 1.41 bits per heavy atom. The lowest BCUT2D eigenvalue weighted by Gasteiger charge is -2.26. The monoisotopic (exact) mass is 298 g/mol. The topological polar surface area (TPSA) is 58.4 Å². The van der Waals surface area contributed by atoms with Crippen LogP contribution in [0.15, 0.2) is 24.5 Å². The van der Waals surface area contributed by atoms with E-state index in [0.29, 0.717) is 11.8 Å². The van der Waals surface area contributed by atoms with Crippen LogP contribution in [0.3, 0.4) is 0 Å². The van der Waals surface area contributed by atoms with Crippen molar-refractivity contribution in [1.29, 1.82) is 0 Å². The quantitative estimate of drug-likeness (QED) is 0.902. The highest BCUT2D eigenvalue weighted by Gasteiger charge is 2.57. The summed E-state index contributed by atoms with van der Waals surface area (Å²) in [5.74, 6) is 1.46. The summed E-state index contributed by atoms with van der Waals surface area (Å²) in [6.45, 7) is 8.12. The summed E-state index contributed by atoms with van der Waals surface area (Å²) >= 11 is 0. The highest BCUT2D eigenvalue weighted by atomic mass is 16.2. The maximum atomic E-state index is 12.6. The third-order valence-corrected chi connectivity index (χ3v) is 5.20. The first-order chi connectivity index (χ1) is 10.5. The van der Waals surface area contributed by atoms with Crippen molar-refractivity contribution in [3.05, 3.63) is 35.8 Å². The van der Waals surface area contributed by atoms with E-state index < -0.39 is 5.54 Å². The van der Waals surface area contributed by atoms with Crippen LogP contribution in [0.25, 0.3) is 5.65 Å². The van der Waals surface area contributed by atoms with E-state index in [0.717, 1.165) is 30.0 Å². The molecule has 1 saturated carbocycles. The molecule has 0 aromatic carbocycles. The minimum absolute atomic E-state index is 0.184. The Morgan fingerprint density at radius 3 is 2.86 bits per heavy atom. The number of hydrogen-bond acceptors (Lipinski definition) is 3. The maximum Gasteiger partial charge on any atom is 0.224 e. The van der Waals surface area contributed by atoms with Gasteiger partial charge in [0.2, 0.25) is 5.91 Å². The Balaban J connectivity index is 1.59. The Bertz CT molecular complexity index is 738. The van der Waals surface area contributed by atoms with Crippen LogP contribution in [-0.4, -0.2) is 28.4 Å². The van der Waals surface area contributed by atoms with Gasteiger partial charge in [-0.25, -0.2) is 4.98 Å². The molecule has 1 aliphatic heterocycles. The molecule has 5 nitrogen and oxygen atoms in total. The molecule has 1 amide bonds. The molecular weight excluding hydrogens is 276 g/mol. The molecule has 2 fully saturated rings. The second-order valence-corrected chi connectivity index (χ2v) is 7.15. The summed E-state index contributed by atoms with van der Waals surface area (Å²) < 4.78 is 2.07. The van der Waals surface area contributed by atoms with Gasteiger partial charge in [-0.2, -0.15) is 0 Å². The second-order valence-electron chi connectivity index (χ2n) is 7.15. The van der Waals surface area contributed by atoms with Gasteiger partial charge in [0.25, 0.3) is 0 Å². The molecule has 0 bridgehead atoms. The molecule has 2 N–H and O–H groups in total. The zero-order valence-corrected chi connectivity index (χ0v) is 13.3. The number of aromatic nitrogens is 2. The molecule has 5 heteroatoms. The number of fused-ring (bicyclic) bond motifs is 2.